The van der Waals surface area contributed by atoms with Crippen LogP contribution in [-0.4, -0.2) is 57.9 Å². The zero-order valence-corrected chi connectivity index (χ0v) is 20.8. The maximum atomic E-state index is 13.7. The van der Waals surface area contributed by atoms with E-state index >= 15 is 0 Å². The highest BCUT2D eigenvalue weighted by atomic mass is 32.2. The number of hydrogen-bond acceptors (Lipinski definition) is 5. The van der Waals surface area contributed by atoms with Gasteiger partial charge in [-0.3, -0.25) is 0 Å². The molecule has 4 rings (SSSR count). The van der Waals surface area contributed by atoms with Gasteiger partial charge in [-0.1, -0.05) is 30.3 Å². The zero-order chi connectivity index (χ0) is 24.1. The molecule has 2 fully saturated rings. The lowest BCUT2D eigenvalue weighted by molar-refractivity contribution is 0.0730. The summed E-state index contributed by atoms with van der Waals surface area (Å²) >= 11 is 0. The first-order chi connectivity index (χ1) is 16.4. The zero-order valence-electron chi connectivity index (χ0n) is 20.0. The van der Waals surface area contributed by atoms with Gasteiger partial charge in [0.15, 0.2) is 11.6 Å². The van der Waals surface area contributed by atoms with Gasteiger partial charge >= 0.3 is 0 Å². The molecule has 34 heavy (non-hydrogen) atoms. The van der Waals surface area contributed by atoms with Crippen LogP contribution in [0, 0.1) is 5.82 Å². The Morgan fingerprint density at radius 2 is 1.88 bits per heavy atom. The van der Waals surface area contributed by atoms with E-state index in [0.717, 1.165) is 30.4 Å². The Bertz CT molecular complexity index is 1050. The molecule has 2 aromatic rings. The van der Waals surface area contributed by atoms with Crippen LogP contribution in [0.15, 0.2) is 42.5 Å². The molecule has 0 bridgehead atoms. The molecule has 0 aromatic heterocycles. The fraction of sp³-hybridized carbons (Fsp3) is 0.538. The molecule has 2 aliphatic rings. The van der Waals surface area contributed by atoms with Crippen LogP contribution in [0.25, 0.3) is 0 Å². The van der Waals surface area contributed by atoms with Crippen LogP contribution in [0.5, 0.6) is 5.75 Å². The molecule has 6 nitrogen and oxygen atoms in total. The van der Waals surface area contributed by atoms with Gasteiger partial charge in [0.1, 0.15) is 0 Å². The number of ether oxygens (including phenoxy) is 2. The van der Waals surface area contributed by atoms with Crippen molar-refractivity contribution < 1.29 is 22.3 Å². The maximum absolute atomic E-state index is 13.7. The summed E-state index contributed by atoms with van der Waals surface area (Å²) in [5.41, 5.74) is 3.37. The van der Waals surface area contributed by atoms with Crippen LogP contribution in [0.3, 0.4) is 0 Å². The molecule has 186 valence electrons. The van der Waals surface area contributed by atoms with Crippen molar-refractivity contribution in [2.24, 2.45) is 0 Å². The van der Waals surface area contributed by atoms with Gasteiger partial charge < -0.3 is 14.8 Å². The van der Waals surface area contributed by atoms with E-state index < -0.39 is 10.0 Å². The summed E-state index contributed by atoms with van der Waals surface area (Å²) in [7, 11) is -1.76. The number of hydrogen-bond donors (Lipinski definition) is 1. The average Bonchev–Trinajstić information content (AvgIpc) is 3.32. The average molecular weight is 491 g/mol. The first-order valence-corrected chi connectivity index (χ1v) is 13.7. The van der Waals surface area contributed by atoms with Crippen LogP contribution < -0.4 is 10.1 Å². The predicted molar refractivity (Wildman–Crippen MR) is 131 cm³/mol. The van der Waals surface area contributed by atoms with Gasteiger partial charge in [-0.15, -0.1) is 0 Å². The molecule has 1 aliphatic carbocycles. The van der Waals surface area contributed by atoms with Gasteiger partial charge in [0.2, 0.25) is 10.0 Å². The molecule has 0 spiro atoms. The molecular formula is C26H35FN2O4S. The van der Waals surface area contributed by atoms with Gasteiger partial charge in [0, 0.05) is 25.2 Å². The van der Waals surface area contributed by atoms with Crippen molar-refractivity contribution in [2.45, 2.75) is 50.6 Å². The van der Waals surface area contributed by atoms with Crippen molar-refractivity contribution in [3.63, 3.8) is 0 Å². The number of halogens is 1. The van der Waals surface area contributed by atoms with Gasteiger partial charge in [0.25, 0.3) is 0 Å². The van der Waals surface area contributed by atoms with E-state index in [-0.39, 0.29) is 23.4 Å². The number of rotatable bonds is 9. The first kappa shape index (κ1) is 25.1. The molecule has 1 heterocycles. The largest absolute Gasteiger partial charge is 0.494 e. The Kier molecular flexibility index (Phi) is 8.24. The molecule has 1 saturated carbocycles. The minimum absolute atomic E-state index is 0.106. The topological polar surface area (TPSA) is 67.9 Å². The Morgan fingerprint density at radius 1 is 1.15 bits per heavy atom. The quantitative estimate of drug-likeness (QED) is 0.575. The lowest BCUT2D eigenvalue weighted by Crippen LogP contribution is -2.42. The minimum Gasteiger partial charge on any atom is -0.494 e. The normalized spacial score (nSPS) is 22.6. The Hall–Kier alpha value is -2.00. The van der Waals surface area contributed by atoms with Gasteiger partial charge in [-0.2, -0.15) is 4.31 Å². The lowest BCUT2D eigenvalue weighted by atomic mass is 9.96. The van der Waals surface area contributed by atoms with E-state index in [4.69, 9.17) is 9.47 Å². The van der Waals surface area contributed by atoms with Crippen molar-refractivity contribution in [3.05, 3.63) is 65.0 Å². The van der Waals surface area contributed by atoms with Gasteiger partial charge in [-0.25, -0.2) is 12.8 Å². The summed E-state index contributed by atoms with van der Waals surface area (Å²) in [5, 5.41) is 3.69. The van der Waals surface area contributed by atoms with E-state index in [9.17, 15) is 12.8 Å². The summed E-state index contributed by atoms with van der Waals surface area (Å²) in [6.07, 6.45) is 3.77. The second-order valence-electron chi connectivity index (χ2n) is 9.31. The van der Waals surface area contributed by atoms with E-state index in [2.05, 4.69) is 36.5 Å². The number of nitrogens with one attached hydrogen (secondary N) is 1. The van der Waals surface area contributed by atoms with Crippen molar-refractivity contribution in [2.75, 3.05) is 39.2 Å². The molecule has 1 N–H and O–H groups in total. The molecule has 8 heteroatoms. The number of methoxy groups -OCH3 is 1. The molecule has 3 atom stereocenters. The van der Waals surface area contributed by atoms with Crippen molar-refractivity contribution in [3.8, 4) is 5.75 Å². The molecular weight excluding hydrogens is 455 g/mol. The van der Waals surface area contributed by atoms with E-state index in [1.807, 2.05) is 0 Å². The van der Waals surface area contributed by atoms with Crippen molar-refractivity contribution >= 4 is 10.0 Å². The summed E-state index contributed by atoms with van der Waals surface area (Å²) in [6.45, 7) is 3.95. The number of nitrogens with zero attached hydrogens (tertiary/aromatic N) is 1. The van der Waals surface area contributed by atoms with Crippen LogP contribution in [-0.2, 0) is 21.2 Å². The fourth-order valence-electron chi connectivity index (χ4n) is 4.99. The van der Waals surface area contributed by atoms with Gasteiger partial charge in [0.05, 0.1) is 26.1 Å². The molecule has 2 aromatic carbocycles. The second kappa shape index (κ2) is 11.2. The molecule has 0 radical (unpaired) electrons. The maximum Gasteiger partial charge on any atom is 0.214 e. The molecule has 1 aliphatic heterocycles. The molecule has 3 unspecified atom stereocenters. The number of benzene rings is 2. The smallest absolute Gasteiger partial charge is 0.214 e. The minimum atomic E-state index is -3.24. The van der Waals surface area contributed by atoms with Crippen LogP contribution >= 0.6 is 0 Å². The molecule has 1 saturated heterocycles. The third-order valence-electron chi connectivity index (χ3n) is 7.06. The summed E-state index contributed by atoms with van der Waals surface area (Å²) in [5.74, 6) is 0.543. The van der Waals surface area contributed by atoms with E-state index in [1.54, 1.807) is 16.4 Å². The highest BCUT2D eigenvalue weighted by Gasteiger charge is 2.27. The lowest BCUT2D eigenvalue weighted by Gasteiger charge is -2.26. The highest BCUT2D eigenvalue weighted by molar-refractivity contribution is 7.89. The Labute approximate surface area is 202 Å². The number of morpholine rings is 1. The standard InChI is InChI=1S/C26H35FN2O4S/c1-19(22-8-10-25(27)26(18-22)32-2)28-24-9-7-23(17-24)21-5-3-20(4-6-21)11-16-34(30,31)29-12-14-33-15-13-29/h3-6,8,10,18-19,23-24,28H,7,9,11-17H2,1-2H3. The third kappa shape index (κ3) is 6.16. The molecule has 0 amide bonds. The highest BCUT2D eigenvalue weighted by Crippen LogP contribution is 2.36. The SMILES string of the molecule is COc1cc(C(C)NC2CCC(c3ccc(CCS(=O)(=O)N4CCOCC4)cc3)C2)ccc1F. The van der Waals surface area contributed by atoms with Crippen LogP contribution in [0.1, 0.15) is 54.8 Å². The Morgan fingerprint density at radius 3 is 2.59 bits per heavy atom. The van der Waals surface area contributed by atoms with Crippen molar-refractivity contribution in [1.29, 1.82) is 0 Å². The first-order valence-electron chi connectivity index (χ1n) is 12.1. The monoisotopic (exact) mass is 490 g/mol. The predicted octanol–water partition coefficient (Wildman–Crippen LogP) is 4.03. The summed E-state index contributed by atoms with van der Waals surface area (Å²) < 4.78 is 50.7. The third-order valence-corrected chi connectivity index (χ3v) is 8.93. The van der Waals surface area contributed by atoms with E-state index in [1.165, 1.54) is 18.7 Å². The number of sulfonamides is 1. The summed E-state index contributed by atoms with van der Waals surface area (Å²) in [6, 6.07) is 14.0. The van der Waals surface area contributed by atoms with E-state index in [0.29, 0.717) is 44.7 Å². The van der Waals surface area contributed by atoms with Gasteiger partial charge in [-0.05, 0) is 67.3 Å². The number of aryl methyl sites for hydroxylation is 1. The van der Waals surface area contributed by atoms with Crippen LogP contribution in [0.4, 0.5) is 4.39 Å². The van der Waals surface area contributed by atoms with Crippen LogP contribution in [0.2, 0.25) is 0 Å². The Balaban J connectivity index is 1.28. The fourth-order valence-corrected chi connectivity index (χ4v) is 6.45. The van der Waals surface area contributed by atoms with Crippen molar-refractivity contribution in [1.82, 2.24) is 9.62 Å². The second-order valence-corrected chi connectivity index (χ2v) is 11.4. The summed E-state index contributed by atoms with van der Waals surface area (Å²) in [4.78, 5) is 0.